The number of fused-ring (bicyclic) bond motifs is 2. The van der Waals surface area contributed by atoms with Gasteiger partial charge in [0.1, 0.15) is 17.2 Å². The fourth-order valence-corrected chi connectivity index (χ4v) is 5.23. The summed E-state index contributed by atoms with van der Waals surface area (Å²) in [6.07, 6.45) is 2.14. The zero-order valence-corrected chi connectivity index (χ0v) is 20.3. The van der Waals surface area contributed by atoms with Gasteiger partial charge in [0.05, 0.1) is 40.8 Å². The molecule has 0 spiro atoms. The van der Waals surface area contributed by atoms with Gasteiger partial charge in [0.15, 0.2) is 0 Å². The Kier molecular flexibility index (Phi) is 6.99. The van der Waals surface area contributed by atoms with Crippen LogP contribution in [0.5, 0.6) is 5.88 Å². The number of pyridine rings is 3. The van der Waals surface area contributed by atoms with Crippen molar-refractivity contribution in [2.75, 3.05) is 23.5 Å². The summed E-state index contributed by atoms with van der Waals surface area (Å²) in [5.74, 6) is -0.242. The minimum atomic E-state index is -0.794. The average Bonchev–Trinajstić information content (AvgIpc) is 2.88. The van der Waals surface area contributed by atoms with Crippen molar-refractivity contribution >= 4 is 46.1 Å². The van der Waals surface area contributed by atoms with Crippen molar-refractivity contribution in [3.05, 3.63) is 42.0 Å². The van der Waals surface area contributed by atoms with E-state index in [0.717, 1.165) is 0 Å². The number of hydrogen-bond donors (Lipinski definition) is 4. The van der Waals surface area contributed by atoms with Gasteiger partial charge < -0.3 is 25.8 Å². The van der Waals surface area contributed by atoms with Crippen LogP contribution in [0.3, 0.4) is 0 Å². The molecule has 3 atom stereocenters. The first-order valence-electron chi connectivity index (χ1n) is 11.6. The summed E-state index contributed by atoms with van der Waals surface area (Å²) in [6.45, 7) is 0.0920. The Morgan fingerprint density at radius 3 is 2.97 bits per heavy atom. The Morgan fingerprint density at radius 1 is 1.31 bits per heavy atom. The fraction of sp³-hybridized carbons (Fsp3) is 0.375. The van der Waals surface area contributed by atoms with E-state index in [2.05, 4.69) is 30.9 Å². The van der Waals surface area contributed by atoms with Crippen LogP contribution in [0.1, 0.15) is 25.0 Å². The molecular weight excluding hydrogens is 487 g/mol. The SMILES string of the molecule is COc1ccc2nccc(NC(=O)[C@@H]3CC[C@@H](NCc4nc5c(cc4F)SCC(=O)N5)[C@H](O)C3)c2n1. The molecule has 1 saturated carbocycles. The number of amides is 2. The Labute approximate surface area is 210 Å². The van der Waals surface area contributed by atoms with E-state index in [1.165, 1.54) is 24.9 Å². The molecule has 0 aromatic carbocycles. The van der Waals surface area contributed by atoms with E-state index in [-0.39, 0.29) is 42.3 Å². The third-order valence-electron chi connectivity index (χ3n) is 6.37. The number of nitrogens with zero attached hydrogens (tertiary/aromatic N) is 3. The van der Waals surface area contributed by atoms with Crippen molar-refractivity contribution in [2.45, 2.75) is 42.8 Å². The van der Waals surface area contributed by atoms with E-state index in [0.29, 0.717) is 46.2 Å². The Balaban J connectivity index is 1.20. The predicted octanol–water partition coefficient (Wildman–Crippen LogP) is 2.47. The van der Waals surface area contributed by atoms with Gasteiger partial charge in [0.2, 0.25) is 17.7 Å². The molecule has 0 bridgehead atoms. The summed E-state index contributed by atoms with van der Waals surface area (Å²) in [5, 5.41) is 19.4. The molecule has 0 radical (unpaired) electrons. The maximum Gasteiger partial charge on any atom is 0.235 e. The molecule has 3 aromatic rings. The highest BCUT2D eigenvalue weighted by Gasteiger charge is 2.33. The van der Waals surface area contributed by atoms with Crippen LogP contribution in [0.4, 0.5) is 15.9 Å². The molecule has 1 aliphatic heterocycles. The molecule has 36 heavy (non-hydrogen) atoms. The highest BCUT2D eigenvalue weighted by molar-refractivity contribution is 8.00. The van der Waals surface area contributed by atoms with Gasteiger partial charge in [-0.25, -0.2) is 14.4 Å². The van der Waals surface area contributed by atoms with E-state index < -0.39 is 17.8 Å². The minimum Gasteiger partial charge on any atom is -0.481 e. The highest BCUT2D eigenvalue weighted by atomic mass is 32.2. The monoisotopic (exact) mass is 512 g/mol. The van der Waals surface area contributed by atoms with Gasteiger partial charge in [-0.2, -0.15) is 0 Å². The lowest BCUT2D eigenvalue weighted by atomic mass is 9.83. The molecule has 0 unspecified atom stereocenters. The summed E-state index contributed by atoms with van der Waals surface area (Å²) >= 11 is 1.25. The molecule has 1 fully saturated rings. The normalized spacial score (nSPS) is 21.5. The average molecular weight is 513 g/mol. The molecule has 12 heteroatoms. The molecule has 4 heterocycles. The molecule has 3 aromatic heterocycles. The number of aliphatic hydroxyl groups excluding tert-OH is 1. The number of aromatic nitrogens is 3. The standard InChI is InChI=1S/C24H25FN6O4S/c1-35-21-5-4-15-22(31-21)16(6-7-26-15)29-24(34)12-2-3-14(18(32)8-12)27-10-17-13(25)9-19-23(28-17)30-20(33)11-36-19/h4-7,9,12,14,18,27,32H,2-3,8,10-11H2,1H3,(H,26,29,34)(H,28,30,33)/t12-,14-,18-/m1/s1. The lowest BCUT2D eigenvalue weighted by molar-refractivity contribution is -0.122. The van der Waals surface area contributed by atoms with Gasteiger partial charge in [0, 0.05) is 30.8 Å². The van der Waals surface area contributed by atoms with E-state index >= 15 is 0 Å². The second kappa shape index (κ2) is 10.3. The number of aliphatic hydroxyl groups is 1. The predicted molar refractivity (Wildman–Crippen MR) is 132 cm³/mol. The highest BCUT2D eigenvalue weighted by Crippen LogP contribution is 2.32. The lowest BCUT2D eigenvalue weighted by Gasteiger charge is -2.33. The number of rotatable bonds is 6. The van der Waals surface area contributed by atoms with Crippen molar-refractivity contribution in [3.8, 4) is 5.88 Å². The number of anilines is 2. The second-order valence-corrected chi connectivity index (χ2v) is 9.75. The molecule has 188 valence electrons. The molecular formula is C24H25FN6O4S. The van der Waals surface area contributed by atoms with E-state index in [4.69, 9.17) is 4.74 Å². The molecule has 1 aliphatic carbocycles. The van der Waals surface area contributed by atoms with Gasteiger partial charge >= 0.3 is 0 Å². The lowest BCUT2D eigenvalue weighted by Crippen LogP contribution is -2.46. The van der Waals surface area contributed by atoms with Crippen LogP contribution in [-0.2, 0) is 16.1 Å². The second-order valence-electron chi connectivity index (χ2n) is 8.73. The minimum absolute atomic E-state index is 0.0920. The number of halogens is 1. The Morgan fingerprint density at radius 2 is 2.17 bits per heavy atom. The third-order valence-corrected chi connectivity index (χ3v) is 7.40. The van der Waals surface area contributed by atoms with Crippen LogP contribution >= 0.6 is 11.8 Å². The summed E-state index contributed by atoms with van der Waals surface area (Å²) in [6, 6.07) is 6.20. The summed E-state index contributed by atoms with van der Waals surface area (Å²) in [5.41, 5.74) is 1.84. The van der Waals surface area contributed by atoms with Crippen molar-refractivity contribution in [1.82, 2.24) is 20.3 Å². The number of carbonyl (C=O) groups is 2. The Bertz CT molecular complexity index is 1330. The summed E-state index contributed by atoms with van der Waals surface area (Å²) < 4.78 is 19.7. The maximum atomic E-state index is 14.5. The van der Waals surface area contributed by atoms with Crippen LogP contribution in [0.25, 0.3) is 11.0 Å². The smallest absolute Gasteiger partial charge is 0.235 e. The number of thioether (sulfide) groups is 1. The topological polar surface area (TPSA) is 138 Å². The molecule has 0 saturated heterocycles. The zero-order valence-electron chi connectivity index (χ0n) is 19.5. The molecule has 5 rings (SSSR count). The largest absolute Gasteiger partial charge is 0.481 e. The first-order valence-corrected chi connectivity index (χ1v) is 12.5. The zero-order chi connectivity index (χ0) is 25.2. The van der Waals surface area contributed by atoms with Crippen LogP contribution in [-0.4, -0.2) is 56.9 Å². The number of hydrogen-bond acceptors (Lipinski definition) is 9. The Hall–Kier alpha value is -3.35. The van der Waals surface area contributed by atoms with Crippen molar-refractivity contribution in [2.24, 2.45) is 5.92 Å². The molecule has 2 amide bonds. The van der Waals surface area contributed by atoms with Crippen LogP contribution in [0.2, 0.25) is 0 Å². The van der Waals surface area contributed by atoms with Crippen LogP contribution < -0.4 is 20.7 Å². The molecule has 4 N–H and O–H groups in total. The molecule has 2 aliphatic rings. The summed E-state index contributed by atoms with van der Waals surface area (Å²) in [7, 11) is 1.52. The van der Waals surface area contributed by atoms with E-state index in [1.54, 1.807) is 24.4 Å². The van der Waals surface area contributed by atoms with E-state index in [9.17, 15) is 19.1 Å². The van der Waals surface area contributed by atoms with Gasteiger partial charge in [0.25, 0.3) is 0 Å². The number of methoxy groups -OCH3 is 1. The van der Waals surface area contributed by atoms with Gasteiger partial charge in [-0.1, -0.05) is 0 Å². The number of carbonyl (C=O) groups excluding carboxylic acids is 2. The van der Waals surface area contributed by atoms with Gasteiger partial charge in [-0.3, -0.25) is 14.6 Å². The third kappa shape index (κ3) is 5.11. The van der Waals surface area contributed by atoms with Crippen LogP contribution in [0, 0.1) is 11.7 Å². The van der Waals surface area contributed by atoms with Gasteiger partial charge in [-0.15, -0.1) is 11.8 Å². The first kappa shape index (κ1) is 24.3. The number of nitrogens with one attached hydrogen (secondary N) is 3. The fourth-order valence-electron chi connectivity index (χ4n) is 4.45. The first-order chi connectivity index (χ1) is 17.4. The van der Waals surface area contributed by atoms with Crippen molar-refractivity contribution < 1.29 is 23.8 Å². The van der Waals surface area contributed by atoms with Crippen molar-refractivity contribution in [1.29, 1.82) is 0 Å². The van der Waals surface area contributed by atoms with Crippen molar-refractivity contribution in [3.63, 3.8) is 0 Å². The van der Waals surface area contributed by atoms with Crippen LogP contribution in [0.15, 0.2) is 35.4 Å². The van der Waals surface area contributed by atoms with E-state index in [1.807, 2.05) is 0 Å². The summed E-state index contributed by atoms with van der Waals surface area (Å²) in [4.78, 5) is 38.1. The quantitative estimate of drug-likeness (QED) is 0.392. The molecule has 10 nitrogen and oxygen atoms in total. The van der Waals surface area contributed by atoms with Gasteiger partial charge in [-0.05, 0) is 37.5 Å². The number of ether oxygens (including phenoxy) is 1. The maximum absolute atomic E-state index is 14.5.